The van der Waals surface area contributed by atoms with E-state index in [0.717, 1.165) is 16.5 Å². The summed E-state index contributed by atoms with van der Waals surface area (Å²) in [5.74, 6) is 0.295. The summed E-state index contributed by atoms with van der Waals surface area (Å²) < 4.78 is 28.3. The SMILES string of the molecule is O=S(=O)(/C=C\c1ccccc1)Nc1ccn(Cc2ccccc2)n1. The Bertz CT molecular complexity index is 917. The van der Waals surface area contributed by atoms with Crippen molar-refractivity contribution in [3.05, 3.63) is 89.5 Å². The Morgan fingerprint density at radius 2 is 1.62 bits per heavy atom. The number of nitrogens with zero attached hydrogens (tertiary/aromatic N) is 2. The topological polar surface area (TPSA) is 64.0 Å². The molecule has 1 aromatic heterocycles. The van der Waals surface area contributed by atoms with Gasteiger partial charge in [0.25, 0.3) is 10.0 Å². The Balaban J connectivity index is 1.66. The van der Waals surface area contributed by atoms with Gasteiger partial charge in [-0.3, -0.25) is 9.40 Å². The summed E-state index contributed by atoms with van der Waals surface area (Å²) in [6, 6.07) is 20.7. The molecule has 0 unspecified atom stereocenters. The normalized spacial score (nSPS) is 11.7. The maximum atomic E-state index is 12.1. The van der Waals surface area contributed by atoms with Crippen LogP contribution in [0.1, 0.15) is 11.1 Å². The van der Waals surface area contributed by atoms with Crippen LogP contribution in [0.3, 0.4) is 0 Å². The van der Waals surface area contributed by atoms with Crippen molar-refractivity contribution in [3.63, 3.8) is 0 Å². The molecular weight excluding hydrogens is 322 g/mol. The summed E-state index contributed by atoms with van der Waals surface area (Å²) in [5.41, 5.74) is 1.91. The van der Waals surface area contributed by atoms with Gasteiger partial charge in [0.2, 0.25) is 0 Å². The van der Waals surface area contributed by atoms with Gasteiger partial charge in [-0.2, -0.15) is 5.10 Å². The summed E-state index contributed by atoms with van der Waals surface area (Å²) in [4.78, 5) is 0. The summed E-state index contributed by atoms with van der Waals surface area (Å²) in [7, 11) is -3.60. The van der Waals surface area contributed by atoms with E-state index in [1.807, 2.05) is 60.7 Å². The molecule has 1 N–H and O–H groups in total. The van der Waals surface area contributed by atoms with Crippen molar-refractivity contribution in [2.45, 2.75) is 6.54 Å². The van der Waals surface area contributed by atoms with Crippen LogP contribution >= 0.6 is 0 Å². The third-order valence-corrected chi connectivity index (χ3v) is 4.30. The minimum Gasteiger partial charge on any atom is -0.266 e. The van der Waals surface area contributed by atoms with Gasteiger partial charge in [0.1, 0.15) is 0 Å². The minimum atomic E-state index is -3.60. The first-order valence-corrected chi connectivity index (χ1v) is 8.99. The van der Waals surface area contributed by atoms with E-state index >= 15 is 0 Å². The van der Waals surface area contributed by atoms with Gasteiger partial charge in [-0.25, -0.2) is 8.42 Å². The molecule has 2 aromatic carbocycles. The van der Waals surface area contributed by atoms with Crippen LogP contribution in [0, 0.1) is 0 Å². The molecule has 3 rings (SSSR count). The van der Waals surface area contributed by atoms with Crippen LogP contribution in [0.4, 0.5) is 5.82 Å². The summed E-state index contributed by atoms with van der Waals surface area (Å²) in [6.07, 6.45) is 3.29. The molecule has 0 bridgehead atoms. The van der Waals surface area contributed by atoms with Crippen molar-refractivity contribution in [1.29, 1.82) is 0 Å². The lowest BCUT2D eigenvalue weighted by Gasteiger charge is -2.02. The molecule has 122 valence electrons. The molecule has 0 amide bonds. The van der Waals surface area contributed by atoms with Gasteiger partial charge in [-0.1, -0.05) is 60.7 Å². The Morgan fingerprint density at radius 1 is 0.958 bits per heavy atom. The van der Waals surface area contributed by atoms with Gasteiger partial charge >= 0.3 is 0 Å². The van der Waals surface area contributed by atoms with Crippen molar-refractivity contribution in [2.24, 2.45) is 0 Å². The number of hydrogen-bond acceptors (Lipinski definition) is 3. The van der Waals surface area contributed by atoms with E-state index in [1.54, 1.807) is 23.0 Å². The van der Waals surface area contributed by atoms with Crippen LogP contribution < -0.4 is 4.72 Å². The predicted octanol–water partition coefficient (Wildman–Crippen LogP) is 3.34. The van der Waals surface area contributed by atoms with E-state index in [1.165, 1.54) is 0 Å². The lowest BCUT2D eigenvalue weighted by Crippen LogP contribution is -2.10. The Hall–Kier alpha value is -2.86. The van der Waals surface area contributed by atoms with Crippen LogP contribution in [-0.4, -0.2) is 18.2 Å². The average Bonchev–Trinajstić information content (AvgIpc) is 3.01. The Labute approximate surface area is 141 Å². The van der Waals surface area contributed by atoms with E-state index in [-0.39, 0.29) is 0 Å². The van der Waals surface area contributed by atoms with E-state index in [9.17, 15) is 8.42 Å². The van der Waals surface area contributed by atoms with E-state index in [2.05, 4.69) is 9.82 Å². The molecule has 3 aromatic rings. The number of hydrogen-bond donors (Lipinski definition) is 1. The van der Waals surface area contributed by atoms with Crippen molar-refractivity contribution >= 4 is 21.9 Å². The second kappa shape index (κ2) is 7.14. The molecule has 5 nitrogen and oxygen atoms in total. The molecule has 1 heterocycles. The number of benzene rings is 2. The highest BCUT2D eigenvalue weighted by Gasteiger charge is 2.08. The largest absolute Gasteiger partial charge is 0.266 e. The Kier molecular flexibility index (Phi) is 4.77. The first-order valence-electron chi connectivity index (χ1n) is 7.44. The quantitative estimate of drug-likeness (QED) is 0.749. The van der Waals surface area contributed by atoms with Crippen LogP contribution in [0.25, 0.3) is 6.08 Å². The summed E-state index contributed by atoms with van der Waals surface area (Å²) >= 11 is 0. The average molecular weight is 339 g/mol. The molecule has 0 saturated carbocycles. The fourth-order valence-electron chi connectivity index (χ4n) is 2.19. The molecule has 0 radical (unpaired) electrons. The number of anilines is 1. The molecule has 0 spiro atoms. The highest BCUT2D eigenvalue weighted by Crippen LogP contribution is 2.10. The minimum absolute atomic E-state index is 0.295. The van der Waals surface area contributed by atoms with Gasteiger partial charge in [0.15, 0.2) is 5.82 Å². The predicted molar refractivity (Wildman–Crippen MR) is 95.8 cm³/mol. The molecule has 0 aliphatic rings. The van der Waals surface area contributed by atoms with Crippen molar-refractivity contribution in [2.75, 3.05) is 4.72 Å². The van der Waals surface area contributed by atoms with Gasteiger partial charge in [-0.05, 0) is 17.2 Å². The molecule has 0 fully saturated rings. The van der Waals surface area contributed by atoms with Gasteiger partial charge in [-0.15, -0.1) is 0 Å². The van der Waals surface area contributed by atoms with E-state index in [0.29, 0.717) is 12.4 Å². The maximum Gasteiger partial charge on any atom is 0.256 e. The number of rotatable bonds is 6. The van der Waals surface area contributed by atoms with Gasteiger partial charge < -0.3 is 0 Å². The molecule has 0 aliphatic carbocycles. The highest BCUT2D eigenvalue weighted by molar-refractivity contribution is 7.95. The zero-order valence-corrected chi connectivity index (χ0v) is 13.7. The van der Waals surface area contributed by atoms with Crippen molar-refractivity contribution < 1.29 is 8.42 Å². The number of sulfonamides is 1. The second-order valence-electron chi connectivity index (χ2n) is 5.24. The third kappa shape index (κ3) is 4.57. The lowest BCUT2D eigenvalue weighted by atomic mass is 10.2. The lowest BCUT2D eigenvalue weighted by molar-refractivity contribution is 0.609. The summed E-state index contributed by atoms with van der Waals surface area (Å²) in [6.45, 7) is 0.586. The monoisotopic (exact) mass is 339 g/mol. The van der Waals surface area contributed by atoms with E-state index < -0.39 is 10.0 Å². The van der Waals surface area contributed by atoms with Gasteiger partial charge in [0.05, 0.1) is 12.0 Å². The maximum absolute atomic E-state index is 12.1. The number of aromatic nitrogens is 2. The fraction of sp³-hybridized carbons (Fsp3) is 0.0556. The standard InChI is InChI=1S/C18H17N3O2S/c22-24(23,14-12-16-7-3-1-4-8-16)20-18-11-13-21(19-18)15-17-9-5-2-6-10-17/h1-14H,15H2,(H,19,20)/b14-12-. The van der Waals surface area contributed by atoms with Crippen LogP contribution in [0.2, 0.25) is 0 Å². The molecule has 0 aliphatic heterocycles. The smallest absolute Gasteiger partial charge is 0.256 e. The first-order chi connectivity index (χ1) is 11.6. The van der Waals surface area contributed by atoms with Crippen LogP contribution in [-0.2, 0) is 16.6 Å². The third-order valence-electron chi connectivity index (χ3n) is 3.31. The molecule has 0 saturated heterocycles. The Morgan fingerprint density at radius 3 is 2.33 bits per heavy atom. The zero-order valence-electron chi connectivity index (χ0n) is 12.9. The molecular formula is C18H17N3O2S. The van der Waals surface area contributed by atoms with Crippen LogP contribution in [0.15, 0.2) is 78.3 Å². The van der Waals surface area contributed by atoms with E-state index in [4.69, 9.17) is 0 Å². The number of nitrogens with one attached hydrogen (secondary N) is 1. The van der Waals surface area contributed by atoms with Crippen molar-refractivity contribution in [3.8, 4) is 0 Å². The molecule has 24 heavy (non-hydrogen) atoms. The summed E-state index contributed by atoms with van der Waals surface area (Å²) in [5, 5.41) is 5.38. The fourth-order valence-corrected chi connectivity index (χ4v) is 2.99. The second-order valence-corrected chi connectivity index (χ2v) is 6.81. The zero-order chi connectivity index (χ0) is 16.8. The van der Waals surface area contributed by atoms with Gasteiger partial charge in [0, 0.05) is 12.3 Å². The van der Waals surface area contributed by atoms with Crippen LogP contribution in [0.5, 0.6) is 0 Å². The first kappa shape index (κ1) is 16.0. The molecule has 0 atom stereocenters. The van der Waals surface area contributed by atoms with Crippen molar-refractivity contribution in [1.82, 2.24) is 9.78 Å². The highest BCUT2D eigenvalue weighted by atomic mass is 32.2. The molecule has 6 heteroatoms.